The molecular formula is C37H46O16. The first-order valence-corrected chi connectivity index (χ1v) is 16.9. The molecule has 16 nitrogen and oxygen atoms in total. The van der Waals surface area contributed by atoms with Crippen molar-refractivity contribution in [2.45, 2.75) is 109 Å². The molecule has 2 saturated heterocycles. The lowest BCUT2D eigenvalue weighted by atomic mass is 9.96. The number of methoxy groups -OCH3 is 1. The Morgan fingerprint density at radius 3 is 1.53 bits per heavy atom. The zero-order valence-corrected chi connectivity index (χ0v) is 30.4. The first-order valence-electron chi connectivity index (χ1n) is 16.9. The molecule has 0 spiro atoms. The Balaban J connectivity index is 1.77. The van der Waals surface area contributed by atoms with Crippen molar-refractivity contribution < 1.29 is 76.1 Å². The van der Waals surface area contributed by atoms with Crippen molar-refractivity contribution in [3.05, 3.63) is 71.8 Å². The summed E-state index contributed by atoms with van der Waals surface area (Å²) in [6, 6.07) is 18.6. The summed E-state index contributed by atoms with van der Waals surface area (Å²) in [6.07, 6.45) is -13.3. The highest BCUT2D eigenvalue weighted by atomic mass is 16.8. The topological polar surface area (TPSA) is 187 Å². The SMILES string of the molecule is CO[C@@H]1O[C@H](COCc2ccccc2)[C@H](OC(C)=O)[C@H](O[C@@H]2O[C@H](COC(C)=O)[C@H](OC(C)=O)[C@H](OC(C)=O)[C@H]2OC(C)=O)[C@H]1OCc1ccccc1. The van der Waals surface area contributed by atoms with Gasteiger partial charge in [-0.15, -0.1) is 0 Å². The van der Waals surface area contributed by atoms with Gasteiger partial charge in [0.2, 0.25) is 0 Å². The number of hydrogen-bond donors (Lipinski definition) is 0. The quantitative estimate of drug-likeness (QED) is 0.180. The fraction of sp³-hybridized carbons (Fsp3) is 0.541. The molecular weight excluding hydrogens is 700 g/mol. The van der Waals surface area contributed by atoms with Crippen LogP contribution in [0.1, 0.15) is 45.7 Å². The Hall–Kier alpha value is -4.45. The fourth-order valence-corrected chi connectivity index (χ4v) is 5.95. The Morgan fingerprint density at radius 2 is 1.00 bits per heavy atom. The van der Waals surface area contributed by atoms with Gasteiger partial charge in [0.25, 0.3) is 0 Å². The van der Waals surface area contributed by atoms with Gasteiger partial charge in [0.1, 0.15) is 31.0 Å². The van der Waals surface area contributed by atoms with Crippen LogP contribution in [0, 0.1) is 0 Å². The van der Waals surface area contributed by atoms with Gasteiger partial charge in [-0.25, -0.2) is 0 Å². The van der Waals surface area contributed by atoms with Crippen molar-refractivity contribution >= 4 is 29.8 Å². The van der Waals surface area contributed by atoms with E-state index in [1.807, 2.05) is 60.7 Å². The van der Waals surface area contributed by atoms with Crippen LogP contribution in [0.4, 0.5) is 0 Å². The molecule has 2 aromatic carbocycles. The highest BCUT2D eigenvalue weighted by molar-refractivity contribution is 5.69. The lowest BCUT2D eigenvalue weighted by molar-refractivity contribution is -0.365. The molecule has 2 aliphatic heterocycles. The molecule has 2 aliphatic rings. The number of carbonyl (C=O) groups is 5. The minimum atomic E-state index is -1.64. The predicted octanol–water partition coefficient (Wildman–Crippen LogP) is 2.56. The van der Waals surface area contributed by atoms with Crippen LogP contribution in [-0.4, -0.2) is 112 Å². The van der Waals surface area contributed by atoms with Crippen LogP contribution in [-0.2, 0) is 89.3 Å². The van der Waals surface area contributed by atoms with Crippen LogP contribution in [0.2, 0.25) is 0 Å². The molecule has 0 radical (unpaired) electrons. The van der Waals surface area contributed by atoms with Gasteiger partial charge in [-0.1, -0.05) is 60.7 Å². The Labute approximate surface area is 307 Å². The summed E-state index contributed by atoms with van der Waals surface area (Å²) in [5.41, 5.74) is 1.66. The molecule has 0 aliphatic carbocycles. The van der Waals surface area contributed by atoms with E-state index < -0.39 is 97.9 Å². The van der Waals surface area contributed by atoms with Gasteiger partial charge in [-0.2, -0.15) is 0 Å². The van der Waals surface area contributed by atoms with Crippen molar-refractivity contribution in [2.75, 3.05) is 20.3 Å². The first kappa shape index (κ1) is 41.3. The molecule has 16 heteroatoms. The normalized spacial score (nSPS) is 28.3. The second kappa shape index (κ2) is 20.1. The molecule has 0 N–H and O–H groups in total. The number of carbonyl (C=O) groups excluding carboxylic acids is 5. The highest BCUT2D eigenvalue weighted by Crippen LogP contribution is 2.36. The maximum absolute atomic E-state index is 12.7. The summed E-state index contributed by atoms with van der Waals surface area (Å²) in [4.78, 5) is 61.7. The fourth-order valence-electron chi connectivity index (χ4n) is 5.95. The first-order chi connectivity index (χ1) is 25.4. The Kier molecular flexibility index (Phi) is 15.7. The monoisotopic (exact) mass is 746 g/mol. The number of ether oxygens (including phenoxy) is 11. The molecule has 4 rings (SSSR count). The largest absolute Gasteiger partial charge is 0.463 e. The lowest BCUT2D eigenvalue weighted by Gasteiger charge is -2.49. The average molecular weight is 747 g/mol. The van der Waals surface area contributed by atoms with E-state index in [0.717, 1.165) is 38.8 Å². The zero-order valence-electron chi connectivity index (χ0n) is 30.4. The molecule has 10 atom stereocenters. The third kappa shape index (κ3) is 12.3. The van der Waals surface area contributed by atoms with E-state index in [1.165, 1.54) is 14.0 Å². The van der Waals surface area contributed by atoms with Crippen LogP contribution in [0.15, 0.2) is 60.7 Å². The van der Waals surface area contributed by atoms with Crippen molar-refractivity contribution in [3.8, 4) is 0 Å². The van der Waals surface area contributed by atoms with Gasteiger partial charge in [0.15, 0.2) is 37.0 Å². The van der Waals surface area contributed by atoms with E-state index in [2.05, 4.69) is 0 Å². The molecule has 290 valence electrons. The molecule has 0 amide bonds. The maximum atomic E-state index is 12.7. The lowest BCUT2D eigenvalue weighted by Crippen LogP contribution is -2.67. The van der Waals surface area contributed by atoms with E-state index in [0.29, 0.717) is 0 Å². The van der Waals surface area contributed by atoms with Crippen LogP contribution in [0.3, 0.4) is 0 Å². The summed E-state index contributed by atoms with van der Waals surface area (Å²) in [5, 5.41) is 0. The smallest absolute Gasteiger partial charge is 0.303 e. The van der Waals surface area contributed by atoms with Crippen LogP contribution < -0.4 is 0 Å². The molecule has 0 bridgehead atoms. The number of esters is 5. The minimum Gasteiger partial charge on any atom is -0.463 e. The minimum absolute atomic E-state index is 0.0368. The van der Waals surface area contributed by atoms with Gasteiger partial charge in [0.05, 0.1) is 19.8 Å². The Bertz CT molecular complexity index is 1500. The van der Waals surface area contributed by atoms with Crippen LogP contribution in [0.25, 0.3) is 0 Å². The van der Waals surface area contributed by atoms with Crippen molar-refractivity contribution in [1.82, 2.24) is 0 Å². The third-order valence-electron chi connectivity index (χ3n) is 8.04. The van der Waals surface area contributed by atoms with E-state index in [9.17, 15) is 24.0 Å². The average Bonchev–Trinajstić information content (AvgIpc) is 3.10. The number of rotatable bonds is 16. The Morgan fingerprint density at radius 1 is 0.528 bits per heavy atom. The zero-order chi connectivity index (χ0) is 38.5. The van der Waals surface area contributed by atoms with E-state index >= 15 is 0 Å². The predicted molar refractivity (Wildman–Crippen MR) is 179 cm³/mol. The molecule has 0 unspecified atom stereocenters. The van der Waals surface area contributed by atoms with Gasteiger partial charge in [0, 0.05) is 41.7 Å². The molecule has 0 saturated carbocycles. The summed E-state index contributed by atoms with van der Waals surface area (Å²) in [7, 11) is 1.39. The van der Waals surface area contributed by atoms with Crippen molar-refractivity contribution in [2.24, 2.45) is 0 Å². The summed E-state index contributed by atoms with van der Waals surface area (Å²) in [6.45, 7) is 5.34. The van der Waals surface area contributed by atoms with E-state index in [1.54, 1.807) is 0 Å². The number of hydrogen-bond acceptors (Lipinski definition) is 16. The highest BCUT2D eigenvalue weighted by Gasteiger charge is 2.57. The van der Waals surface area contributed by atoms with Gasteiger partial charge in [-0.05, 0) is 11.1 Å². The third-order valence-corrected chi connectivity index (χ3v) is 8.04. The summed E-state index contributed by atoms with van der Waals surface area (Å²) >= 11 is 0. The molecule has 2 aromatic rings. The second-order valence-corrected chi connectivity index (χ2v) is 12.3. The summed E-state index contributed by atoms with van der Waals surface area (Å²) < 4.78 is 64.9. The van der Waals surface area contributed by atoms with Crippen LogP contribution in [0.5, 0.6) is 0 Å². The van der Waals surface area contributed by atoms with Gasteiger partial charge in [-0.3, -0.25) is 24.0 Å². The van der Waals surface area contributed by atoms with E-state index in [4.69, 9.17) is 52.1 Å². The molecule has 2 heterocycles. The van der Waals surface area contributed by atoms with E-state index in [-0.39, 0.29) is 19.8 Å². The number of benzene rings is 2. The molecule has 2 fully saturated rings. The van der Waals surface area contributed by atoms with Crippen molar-refractivity contribution in [1.29, 1.82) is 0 Å². The van der Waals surface area contributed by atoms with Gasteiger partial charge >= 0.3 is 29.8 Å². The van der Waals surface area contributed by atoms with Gasteiger partial charge < -0.3 is 52.1 Å². The molecule has 53 heavy (non-hydrogen) atoms. The van der Waals surface area contributed by atoms with Crippen LogP contribution >= 0.6 is 0 Å². The van der Waals surface area contributed by atoms with Crippen molar-refractivity contribution in [3.63, 3.8) is 0 Å². The maximum Gasteiger partial charge on any atom is 0.303 e. The second-order valence-electron chi connectivity index (χ2n) is 12.3. The summed E-state index contributed by atoms with van der Waals surface area (Å²) in [5.74, 6) is -3.82. The standard InChI is InChI=1S/C37H46O16/c1-21(38)45-20-29-31(48-23(3)40)33(49-24(4)41)35(50-25(5)42)37(52-29)53-32-30(47-22(2)39)28(19-44-17-26-13-9-7-10-14-26)51-36(43-6)34(32)46-18-27-15-11-8-12-16-27/h7-16,28-37H,17-20H2,1-6H3/t28-,29-,30+,31+,32+,33+,34-,35-,36-,37+/m1/s1. The molecule has 0 aromatic heterocycles.